The Morgan fingerprint density at radius 2 is 2.00 bits per heavy atom. The van der Waals surface area contributed by atoms with E-state index < -0.39 is 6.10 Å². The normalized spacial score (nSPS) is 11.8. The molecule has 3 N–H and O–H groups in total. The van der Waals surface area contributed by atoms with Crippen LogP contribution in [0.2, 0.25) is 5.02 Å². The van der Waals surface area contributed by atoms with Crippen LogP contribution >= 0.6 is 11.6 Å². The number of pyridine rings is 1. The Morgan fingerprint density at radius 1 is 1.26 bits per heavy atom. The monoisotopic (exact) mass is 333 g/mol. The number of carbonyl (C=O) groups is 1. The van der Waals surface area contributed by atoms with E-state index >= 15 is 0 Å². The second-order valence-corrected chi connectivity index (χ2v) is 5.69. The smallest absolute Gasteiger partial charge is 0.314 e. The average Bonchev–Trinajstić information content (AvgIpc) is 2.55. The molecule has 1 unspecified atom stereocenters. The Bertz CT molecular complexity index is 647. The molecule has 1 heterocycles. The van der Waals surface area contributed by atoms with Gasteiger partial charge in [-0.25, -0.2) is 4.79 Å². The van der Waals surface area contributed by atoms with Crippen molar-refractivity contribution >= 4 is 17.6 Å². The van der Waals surface area contributed by atoms with Gasteiger partial charge in [-0.2, -0.15) is 0 Å². The summed E-state index contributed by atoms with van der Waals surface area (Å²) in [7, 11) is 0. The van der Waals surface area contributed by atoms with E-state index in [-0.39, 0.29) is 12.6 Å². The van der Waals surface area contributed by atoms with E-state index in [1.807, 2.05) is 13.0 Å². The Labute approximate surface area is 140 Å². The number of aliphatic hydroxyl groups is 1. The number of benzene rings is 1. The van der Waals surface area contributed by atoms with Crippen LogP contribution in [0.25, 0.3) is 0 Å². The first-order valence-electron chi connectivity index (χ1n) is 7.41. The number of hydrogen-bond acceptors (Lipinski definition) is 3. The van der Waals surface area contributed by atoms with Crippen LogP contribution in [0.4, 0.5) is 4.79 Å². The highest BCUT2D eigenvalue weighted by molar-refractivity contribution is 6.30. The Balaban J connectivity index is 1.71. The maximum Gasteiger partial charge on any atom is 0.314 e. The Hall–Kier alpha value is -2.11. The van der Waals surface area contributed by atoms with Gasteiger partial charge in [0.2, 0.25) is 0 Å². The van der Waals surface area contributed by atoms with E-state index in [9.17, 15) is 9.90 Å². The molecule has 0 fully saturated rings. The molecule has 2 amide bonds. The van der Waals surface area contributed by atoms with Crippen LogP contribution in [0, 0.1) is 6.92 Å². The van der Waals surface area contributed by atoms with E-state index in [1.165, 1.54) is 0 Å². The third-order valence-corrected chi connectivity index (χ3v) is 3.78. The van der Waals surface area contributed by atoms with Crippen molar-refractivity contribution in [3.63, 3.8) is 0 Å². The summed E-state index contributed by atoms with van der Waals surface area (Å²) in [5.74, 6) is 0. The van der Waals surface area contributed by atoms with Crippen molar-refractivity contribution in [2.24, 2.45) is 0 Å². The van der Waals surface area contributed by atoms with Gasteiger partial charge < -0.3 is 15.7 Å². The lowest BCUT2D eigenvalue weighted by molar-refractivity contribution is 0.173. The highest BCUT2D eigenvalue weighted by atomic mass is 35.5. The van der Waals surface area contributed by atoms with Crippen LogP contribution in [0.15, 0.2) is 42.7 Å². The Kier molecular flexibility index (Phi) is 6.38. The topological polar surface area (TPSA) is 74.2 Å². The van der Waals surface area contributed by atoms with Gasteiger partial charge in [0.25, 0.3) is 0 Å². The van der Waals surface area contributed by atoms with Gasteiger partial charge >= 0.3 is 6.03 Å². The molecule has 2 aromatic rings. The molecule has 0 bridgehead atoms. The van der Waals surface area contributed by atoms with E-state index in [0.29, 0.717) is 17.1 Å². The van der Waals surface area contributed by atoms with Crippen molar-refractivity contribution in [1.82, 2.24) is 15.6 Å². The van der Waals surface area contributed by atoms with Crippen LogP contribution in [0.3, 0.4) is 0 Å². The summed E-state index contributed by atoms with van der Waals surface area (Å²) in [6.45, 7) is 2.65. The second-order valence-electron chi connectivity index (χ2n) is 5.26. The maximum absolute atomic E-state index is 11.7. The van der Waals surface area contributed by atoms with Crippen molar-refractivity contribution < 1.29 is 9.90 Å². The van der Waals surface area contributed by atoms with Crippen LogP contribution in [0.5, 0.6) is 0 Å². The fourth-order valence-electron chi connectivity index (χ4n) is 2.15. The molecule has 6 heteroatoms. The summed E-state index contributed by atoms with van der Waals surface area (Å²) < 4.78 is 0. The fourth-order valence-corrected chi connectivity index (χ4v) is 2.27. The molecule has 1 atom stereocenters. The first-order chi connectivity index (χ1) is 11.1. The SMILES string of the molecule is Cc1cnccc1CCNC(=O)NCC(O)c1ccc(Cl)cc1. The number of rotatable bonds is 6. The first-order valence-corrected chi connectivity index (χ1v) is 7.79. The number of halogens is 1. The van der Waals surface area contributed by atoms with Gasteiger partial charge in [0.15, 0.2) is 0 Å². The first kappa shape index (κ1) is 17.2. The van der Waals surface area contributed by atoms with E-state index in [4.69, 9.17) is 11.6 Å². The summed E-state index contributed by atoms with van der Waals surface area (Å²) in [6.07, 6.45) is 3.52. The maximum atomic E-state index is 11.7. The zero-order valence-corrected chi connectivity index (χ0v) is 13.7. The molecule has 1 aromatic carbocycles. The molecule has 5 nitrogen and oxygen atoms in total. The Morgan fingerprint density at radius 3 is 2.70 bits per heavy atom. The average molecular weight is 334 g/mol. The minimum Gasteiger partial charge on any atom is -0.387 e. The number of nitrogens with one attached hydrogen (secondary N) is 2. The third-order valence-electron chi connectivity index (χ3n) is 3.53. The summed E-state index contributed by atoms with van der Waals surface area (Å²) in [5.41, 5.74) is 2.97. The van der Waals surface area contributed by atoms with Crippen molar-refractivity contribution in [1.29, 1.82) is 0 Å². The van der Waals surface area contributed by atoms with Crippen molar-refractivity contribution in [3.05, 3.63) is 64.4 Å². The highest BCUT2D eigenvalue weighted by Gasteiger charge is 2.09. The number of nitrogens with zero attached hydrogens (tertiary/aromatic N) is 1. The standard InChI is InChI=1S/C17H20ClN3O2/c1-12-10-19-8-6-13(12)7-9-20-17(23)21-11-16(22)14-2-4-15(18)5-3-14/h2-6,8,10,16,22H,7,9,11H2,1H3,(H2,20,21,23). The molecule has 23 heavy (non-hydrogen) atoms. The number of carbonyl (C=O) groups excluding carboxylic acids is 1. The van der Waals surface area contributed by atoms with Crippen LogP contribution in [-0.2, 0) is 6.42 Å². The third kappa shape index (κ3) is 5.54. The lowest BCUT2D eigenvalue weighted by Crippen LogP contribution is -2.38. The van der Waals surface area contributed by atoms with Gasteiger partial charge in [-0.3, -0.25) is 4.98 Å². The molecule has 0 spiro atoms. The predicted molar refractivity (Wildman–Crippen MR) is 90.5 cm³/mol. The van der Waals surface area contributed by atoms with Gasteiger partial charge in [-0.1, -0.05) is 23.7 Å². The van der Waals surface area contributed by atoms with E-state index in [0.717, 1.165) is 17.5 Å². The predicted octanol–water partition coefficient (Wildman–Crippen LogP) is 2.62. The lowest BCUT2D eigenvalue weighted by atomic mass is 10.1. The summed E-state index contributed by atoms with van der Waals surface area (Å²) >= 11 is 5.80. The molecule has 2 rings (SSSR count). The fraction of sp³-hybridized carbons (Fsp3) is 0.294. The molecule has 0 aliphatic rings. The van der Waals surface area contributed by atoms with Gasteiger partial charge in [0.1, 0.15) is 0 Å². The second kappa shape index (κ2) is 8.50. The molecule has 0 saturated carbocycles. The van der Waals surface area contributed by atoms with Crippen LogP contribution in [0.1, 0.15) is 22.8 Å². The summed E-state index contributed by atoms with van der Waals surface area (Å²) in [4.78, 5) is 15.8. The van der Waals surface area contributed by atoms with Gasteiger partial charge in [0.05, 0.1) is 6.10 Å². The number of aliphatic hydroxyl groups excluding tert-OH is 1. The molecule has 0 saturated heterocycles. The summed E-state index contributed by atoms with van der Waals surface area (Å²) in [6, 6.07) is 8.52. The zero-order valence-electron chi connectivity index (χ0n) is 12.9. The minimum atomic E-state index is -0.763. The molecular weight excluding hydrogens is 314 g/mol. The number of aromatic nitrogens is 1. The molecule has 0 aliphatic heterocycles. The van der Waals surface area contributed by atoms with Crippen molar-refractivity contribution in [2.75, 3.05) is 13.1 Å². The van der Waals surface area contributed by atoms with Crippen molar-refractivity contribution in [3.8, 4) is 0 Å². The zero-order chi connectivity index (χ0) is 16.7. The molecule has 122 valence electrons. The summed E-state index contributed by atoms with van der Waals surface area (Å²) in [5, 5.41) is 16.0. The molecule has 1 aromatic heterocycles. The number of aryl methyl sites for hydroxylation is 1. The number of hydrogen-bond donors (Lipinski definition) is 3. The van der Waals surface area contributed by atoms with E-state index in [2.05, 4.69) is 15.6 Å². The molecule has 0 radical (unpaired) electrons. The highest BCUT2D eigenvalue weighted by Crippen LogP contribution is 2.15. The van der Waals surface area contributed by atoms with Crippen molar-refractivity contribution in [2.45, 2.75) is 19.4 Å². The number of urea groups is 1. The molecule has 0 aliphatic carbocycles. The minimum absolute atomic E-state index is 0.141. The lowest BCUT2D eigenvalue weighted by Gasteiger charge is -2.13. The van der Waals surface area contributed by atoms with Gasteiger partial charge in [0, 0.05) is 30.5 Å². The van der Waals surface area contributed by atoms with Crippen LogP contribution in [-0.4, -0.2) is 29.2 Å². The van der Waals surface area contributed by atoms with E-state index in [1.54, 1.807) is 36.7 Å². The van der Waals surface area contributed by atoms with Gasteiger partial charge in [-0.05, 0) is 48.2 Å². The quantitative estimate of drug-likeness (QED) is 0.760. The molecular formula is C17H20ClN3O2. The van der Waals surface area contributed by atoms with Crippen LogP contribution < -0.4 is 10.6 Å². The largest absolute Gasteiger partial charge is 0.387 e. The van der Waals surface area contributed by atoms with Gasteiger partial charge in [-0.15, -0.1) is 0 Å². The number of amides is 2.